The summed E-state index contributed by atoms with van der Waals surface area (Å²) in [5.74, 6) is -0.801. The van der Waals surface area contributed by atoms with E-state index < -0.39 is 11.7 Å². The summed E-state index contributed by atoms with van der Waals surface area (Å²) in [6.07, 6.45) is 0. The third-order valence-corrected chi connectivity index (χ3v) is 3.02. The van der Waals surface area contributed by atoms with Gasteiger partial charge in [0, 0.05) is 18.2 Å². The van der Waals surface area contributed by atoms with E-state index in [1.807, 2.05) is 18.7 Å². The molecule has 19 heavy (non-hydrogen) atoms. The molecule has 0 heterocycles. The highest BCUT2D eigenvalue weighted by molar-refractivity contribution is 7.80. The smallest absolute Gasteiger partial charge is 0.231 e. The number of hydrogen-bond donors (Lipinski definition) is 2. The molecule has 0 saturated heterocycles. The number of nitrogens with two attached hydrogens (primary N) is 2. The van der Waals surface area contributed by atoms with Crippen LogP contribution in [-0.2, 0) is 11.3 Å². The third kappa shape index (κ3) is 4.57. The normalized spacial score (nSPS) is 11.0. The van der Waals surface area contributed by atoms with Crippen LogP contribution in [0.3, 0.4) is 0 Å². The average Bonchev–Trinajstić information content (AvgIpc) is 2.29. The van der Waals surface area contributed by atoms with Gasteiger partial charge in [-0.1, -0.05) is 18.3 Å². The lowest BCUT2D eigenvalue weighted by Crippen LogP contribution is -2.38. The zero-order chi connectivity index (χ0) is 14.6. The van der Waals surface area contributed by atoms with Crippen LogP contribution in [0.15, 0.2) is 18.2 Å². The van der Waals surface area contributed by atoms with Crippen molar-refractivity contribution in [1.82, 2.24) is 4.90 Å². The first-order valence-electron chi connectivity index (χ1n) is 5.92. The molecule has 1 rings (SSSR count). The maximum Gasteiger partial charge on any atom is 0.231 e. The van der Waals surface area contributed by atoms with Gasteiger partial charge in [-0.05, 0) is 31.5 Å². The van der Waals surface area contributed by atoms with Crippen molar-refractivity contribution in [3.8, 4) is 0 Å². The molecule has 4 N–H and O–H groups in total. The minimum absolute atomic E-state index is 0.122. The van der Waals surface area contributed by atoms with E-state index >= 15 is 0 Å². The Kier molecular flexibility index (Phi) is 5.38. The second kappa shape index (κ2) is 6.58. The Labute approximate surface area is 117 Å². The molecule has 104 valence electrons. The maximum absolute atomic E-state index is 13.2. The molecule has 1 aromatic carbocycles. The minimum atomic E-state index is -0.410. The van der Waals surface area contributed by atoms with Crippen molar-refractivity contribution in [1.29, 1.82) is 0 Å². The number of rotatable bonds is 6. The molecule has 0 atom stereocenters. The predicted molar refractivity (Wildman–Crippen MR) is 77.0 cm³/mol. The largest absolute Gasteiger partial charge is 0.389 e. The number of carbonyl (C=O) groups excluding carboxylic acids is 1. The molecular weight excluding hydrogens is 265 g/mol. The zero-order valence-electron chi connectivity index (χ0n) is 11.0. The molecule has 4 nitrogen and oxygen atoms in total. The van der Waals surface area contributed by atoms with Crippen LogP contribution in [0.2, 0.25) is 0 Å². The van der Waals surface area contributed by atoms with Crippen molar-refractivity contribution < 1.29 is 9.18 Å². The Hall–Kier alpha value is -1.53. The molecule has 6 heteroatoms. The summed E-state index contributed by atoms with van der Waals surface area (Å²) < 4.78 is 13.2. The third-order valence-electron chi connectivity index (χ3n) is 2.80. The van der Waals surface area contributed by atoms with Crippen LogP contribution in [-0.4, -0.2) is 28.4 Å². The number of nitrogens with zero attached hydrogens (tertiary/aromatic N) is 1. The quantitative estimate of drug-likeness (QED) is 0.768. The van der Waals surface area contributed by atoms with Gasteiger partial charge in [0.15, 0.2) is 0 Å². The summed E-state index contributed by atoms with van der Waals surface area (Å²) in [5, 5.41) is 0. The van der Waals surface area contributed by atoms with E-state index in [-0.39, 0.29) is 17.6 Å². The van der Waals surface area contributed by atoms with Gasteiger partial charge in [-0.2, -0.15) is 0 Å². The minimum Gasteiger partial charge on any atom is -0.389 e. The zero-order valence-corrected chi connectivity index (χ0v) is 11.8. The summed E-state index contributed by atoms with van der Waals surface area (Å²) in [5.41, 5.74) is 12.1. The number of hydrogen-bond acceptors (Lipinski definition) is 3. The fourth-order valence-corrected chi connectivity index (χ4v) is 1.95. The molecule has 0 aliphatic heterocycles. The molecule has 0 radical (unpaired) electrons. The second-order valence-corrected chi connectivity index (χ2v) is 5.07. The summed E-state index contributed by atoms with van der Waals surface area (Å²) in [4.78, 5) is 13.1. The predicted octanol–water partition coefficient (Wildman–Crippen LogP) is 1.16. The molecule has 0 fully saturated rings. The Balaban J connectivity index is 3.02. The van der Waals surface area contributed by atoms with E-state index in [0.717, 1.165) is 5.56 Å². The lowest BCUT2D eigenvalue weighted by molar-refractivity contribution is -0.119. The standard InChI is InChI=1S/C13H18FN3OS/c1-8(2)17(7-12(15)18)6-9-3-4-10(14)5-11(9)13(16)19/h3-5,8H,6-7H2,1-2H3,(H2,15,18)(H2,16,19). The van der Waals surface area contributed by atoms with Crippen molar-refractivity contribution in [2.75, 3.05) is 6.54 Å². The molecule has 0 saturated carbocycles. The van der Waals surface area contributed by atoms with Gasteiger partial charge < -0.3 is 11.5 Å². The van der Waals surface area contributed by atoms with Gasteiger partial charge in [-0.15, -0.1) is 0 Å². The van der Waals surface area contributed by atoms with Crippen molar-refractivity contribution in [2.45, 2.75) is 26.4 Å². The topological polar surface area (TPSA) is 72.3 Å². The number of thiocarbonyl (C=S) groups is 1. The lowest BCUT2D eigenvalue weighted by atomic mass is 10.1. The van der Waals surface area contributed by atoms with Crippen LogP contribution in [0.5, 0.6) is 0 Å². The highest BCUT2D eigenvalue weighted by Crippen LogP contribution is 2.15. The number of halogens is 1. The van der Waals surface area contributed by atoms with Gasteiger partial charge >= 0.3 is 0 Å². The van der Waals surface area contributed by atoms with Crippen molar-refractivity contribution in [3.63, 3.8) is 0 Å². The summed E-state index contributed by atoms with van der Waals surface area (Å²) in [6, 6.07) is 4.40. The molecular formula is C13H18FN3OS. The first-order valence-corrected chi connectivity index (χ1v) is 6.32. The fraction of sp³-hybridized carbons (Fsp3) is 0.385. The van der Waals surface area contributed by atoms with E-state index in [0.29, 0.717) is 12.1 Å². The molecule has 0 aromatic heterocycles. The van der Waals surface area contributed by atoms with Gasteiger partial charge in [-0.3, -0.25) is 9.69 Å². The maximum atomic E-state index is 13.2. The van der Waals surface area contributed by atoms with Crippen LogP contribution in [0.1, 0.15) is 25.0 Å². The molecule has 1 aromatic rings. The number of carbonyl (C=O) groups is 1. The fourth-order valence-electron chi connectivity index (χ4n) is 1.76. The highest BCUT2D eigenvalue weighted by atomic mass is 32.1. The molecule has 0 spiro atoms. The van der Waals surface area contributed by atoms with E-state index in [1.165, 1.54) is 12.1 Å². The van der Waals surface area contributed by atoms with E-state index in [1.54, 1.807) is 6.07 Å². The Morgan fingerprint density at radius 3 is 2.53 bits per heavy atom. The van der Waals surface area contributed by atoms with Crippen LogP contribution in [0, 0.1) is 5.82 Å². The van der Waals surface area contributed by atoms with Gasteiger partial charge in [0.1, 0.15) is 10.8 Å². The van der Waals surface area contributed by atoms with Crippen LogP contribution in [0.25, 0.3) is 0 Å². The van der Waals surface area contributed by atoms with Crippen molar-refractivity contribution >= 4 is 23.1 Å². The summed E-state index contributed by atoms with van der Waals surface area (Å²) in [7, 11) is 0. The number of primary amides is 1. The van der Waals surface area contributed by atoms with Crippen molar-refractivity contribution in [3.05, 3.63) is 35.1 Å². The Bertz CT molecular complexity index is 491. The van der Waals surface area contributed by atoms with Gasteiger partial charge in [0.2, 0.25) is 5.91 Å². The first kappa shape index (κ1) is 15.5. The Morgan fingerprint density at radius 1 is 1.42 bits per heavy atom. The van der Waals surface area contributed by atoms with Crippen LogP contribution >= 0.6 is 12.2 Å². The van der Waals surface area contributed by atoms with E-state index in [2.05, 4.69) is 0 Å². The van der Waals surface area contributed by atoms with Gasteiger partial charge in [-0.25, -0.2) is 4.39 Å². The lowest BCUT2D eigenvalue weighted by Gasteiger charge is -2.26. The summed E-state index contributed by atoms with van der Waals surface area (Å²) in [6.45, 7) is 4.47. The molecule has 0 aliphatic rings. The number of amides is 1. The van der Waals surface area contributed by atoms with E-state index in [4.69, 9.17) is 23.7 Å². The van der Waals surface area contributed by atoms with Gasteiger partial charge in [0.05, 0.1) is 6.54 Å². The summed E-state index contributed by atoms with van der Waals surface area (Å²) >= 11 is 4.92. The number of benzene rings is 1. The van der Waals surface area contributed by atoms with Gasteiger partial charge in [0.25, 0.3) is 0 Å². The first-order chi connectivity index (χ1) is 8.81. The molecule has 0 aliphatic carbocycles. The average molecular weight is 283 g/mol. The molecule has 1 amide bonds. The SMILES string of the molecule is CC(C)N(CC(N)=O)Cc1ccc(F)cc1C(N)=S. The Morgan fingerprint density at radius 2 is 2.05 bits per heavy atom. The van der Waals surface area contributed by atoms with Crippen molar-refractivity contribution in [2.24, 2.45) is 11.5 Å². The molecule has 0 bridgehead atoms. The van der Waals surface area contributed by atoms with E-state index in [9.17, 15) is 9.18 Å². The van der Waals surface area contributed by atoms with Crippen LogP contribution in [0.4, 0.5) is 4.39 Å². The second-order valence-electron chi connectivity index (χ2n) is 4.63. The monoisotopic (exact) mass is 283 g/mol. The van der Waals surface area contributed by atoms with Crippen LogP contribution < -0.4 is 11.5 Å². The molecule has 0 unspecified atom stereocenters. The highest BCUT2D eigenvalue weighted by Gasteiger charge is 2.16.